The maximum Gasteiger partial charge on any atom is 0.328 e. The lowest BCUT2D eigenvalue weighted by Crippen LogP contribution is -2.38. The van der Waals surface area contributed by atoms with Crippen molar-refractivity contribution in [1.82, 2.24) is 14.9 Å². The average molecular weight is 425 g/mol. The van der Waals surface area contributed by atoms with Gasteiger partial charge >= 0.3 is 5.69 Å². The summed E-state index contributed by atoms with van der Waals surface area (Å²) in [6.45, 7) is 2.19. The first-order chi connectivity index (χ1) is 15.0. The molecular formula is C23H28N4O4. The molecule has 2 aliphatic rings. The van der Waals surface area contributed by atoms with E-state index in [9.17, 15) is 19.2 Å². The molecule has 1 aromatic heterocycles. The van der Waals surface area contributed by atoms with Crippen molar-refractivity contribution >= 4 is 17.4 Å². The van der Waals surface area contributed by atoms with Crippen LogP contribution in [-0.2, 0) is 24.2 Å². The van der Waals surface area contributed by atoms with Crippen LogP contribution in [0.2, 0.25) is 0 Å². The molecule has 0 unspecified atom stereocenters. The quantitative estimate of drug-likeness (QED) is 0.654. The number of aromatic amines is 1. The van der Waals surface area contributed by atoms with Gasteiger partial charge in [0.2, 0.25) is 5.91 Å². The molecule has 1 fully saturated rings. The van der Waals surface area contributed by atoms with E-state index < -0.39 is 5.69 Å². The predicted octanol–water partition coefficient (Wildman–Crippen LogP) is 1.40. The molecule has 0 atom stereocenters. The van der Waals surface area contributed by atoms with E-state index in [2.05, 4.69) is 15.2 Å². The normalized spacial score (nSPS) is 15.5. The number of carbonyl (C=O) groups is 2. The monoisotopic (exact) mass is 424 g/mol. The molecule has 4 rings (SSSR count). The van der Waals surface area contributed by atoms with Crippen molar-refractivity contribution in [2.24, 2.45) is 0 Å². The van der Waals surface area contributed by atoms with Crippen molar-refractivity contribution in [3.8, 4) is 0 Å². The molecule has 0 radical (unpaired) electrons. The number of Topliss-reactive ketones (excluding diaryl/α,β-unsaturated/α-hetero) is 1. The van der Waals surface area contributed by atoms with Crippen molar-refractivity contribution in [2.45, 2.75) is 51.5 Å². The Labute approximate surface area is 180 Å². The summed E-state index contributed by atoms with van der Waals surface area (Å²) >= 11 is 0. The third kappa shape index (κ3) is 4.78. The molecule has 2 aromatic rings. The Balaban J connectivity index is 1.31. The number of amides is 1. The van der Waals surface area contributed by atoms with Gasteiger partial charge in [0.25, 0.3) is 5.56 Å². The van der Waals surface area contributed by atoms with Gasteiger partial charge in [-0.3, -0.25) is 23.9 Å². The summed E-state index contributed by atoms with van der Waals surface area (Å²) in [7, 11) is 0. The molecule has 1 aliphatic heterocycles. The Morgan fingerprint density at radius 2 is 1.68 bits per heavy atom. The van der Waals surface area contributed by atoms with Gasteiger partial charge in [0, 0.05) is 48.6 Å². The summed E-state index contributed by atoms with van der Waals surface area (Å²) in [4.78, 5) is 53.5. The van der Waals surface area contributed by atoms with Crippen LogP contribution in [0, 0.1) is 0 Å². The largest absolute Gasteiger partial charge is 0.372 e. The van der Waals surface area contributed by atoms with Crippen LogP contribution in [0.3, 0.4) is 0 Å². The number of benzene rings is 1. The number of carbonyl (C=O) groups excluding carboxylic acids is 2. The van der Waals surface area contributed by atoms with E-state index in [0.29, 0.717) is 24.0 Å². The number of anilines is 1. The van der Waals surface area contributed by atoms with E-state index in [1.54, 1.807) is 12.1 Å². The lowest BCUT2D eigenvalue weighted by atomic mass is 9.97. The van der Waals surface area contributed by atoms with Gasteiger partial charge in [0.15, 0.2) is 5.78 Å². The molecule has 164 valence electrons. The Morgan fingerprint density at radius 1 is 0.968 bits per heavy atom. The topological polar surface area (TPSA) is 104 Å². The van der Waals surface area contributed by atoms with Crippen LogP contribution in [0.25, 0.3) is 0 Å². The number of fused-ring (bicyclic) bond motifs is 1. The molecule has 2 N–H and O–H groups in total. The van der Waals surface area contributed by atoms with E-state index in [-0.39, 0.29) is 36.8 Å². The number of hydrogen-bond donors (Lipinski definition) is 2. The molecule has 1 aliphatic carbocycles. The van der Waals surface area contributed by atoms with E-state index in [1.165, 1.54) is 17.4 Å². The average Bonchev–Trinajstić information content (AvgIpc) is 3.32. The highest BCUT2D eigenvalue weighted by atomic mass is 16.2. The molecule has 0 bridgehead atoms. The van der Waals surface area contributed by atoms with Crippen LogP contribution in [0.1, 0.15) is 53.7 Å². The van der Waals surface area contributed by atoms with Crippen LogP contribution in [0.15, 0.2) is 33.9 Å². The summed E-state index contributed by atoms with van der Waals surface area (Å²) in [6.07, 6.45) is 5.63. The Kier molecular flexibility index (Phi) is 6.34. The second-order valence-electron chi connectivity index (χ2n) is 8.23. The van der Waals surface area contributed by atoms with Crippen LogP contribution in [0.5, 0.6) is 0 Å². The zero-order chi connectivity index (χ0) is 21.8. The second kappa shape index (κ2) is 9.32. The molecule has 31 heavy (non-hydrogen) atoms. The number of rotatable bonds is 7. The number of ketones is 1. The summed E-state index contributed by atoms with van der Waals surface area (Å²) in [6, 6.07) is 7.50. The van der Waals surface area contributed by atoms with Crippen molar-refractivity contribution < 1.29 is 9.59 Å². The van der Waals surface area contributed by atoms with Gasteiger partial charge in [-0.15, -0.1) is 0 Å². The highest BCUT2D eigenvalue weighted by Crippen LogP contribution is 2.20. The summed E-state index contributed by atoms with van der Waals surface area (Å²) in [5.74, 6) is -0.454. The minimum absolute atomic E-state index is 0.0690. The number of aromatic nitrogens is 2. The highest BCUT2D eigenvalue weighted by Gasteiger charge is 2.19. The molecule has 0 saturated carbocycles. The van der Waals surface area contributed by atoms with Gasteiger partial charge in [0.1, 0.15) is 0 Å². The van der Waals surface area contributed by atoms with E-state index in [0.717, 1.165) is 37.3 Å². The molecule has 1 aromatic carbocycles. The molecule has 8 nitrogen and oxygen atoms in total. The van der Waals surface area contributed by atoms with Gasteiger partial charge in [-0.25, -0.2) is 4.79 Å². The predicted molar refractivity (Wildman–Crippen MR) is 118 cm³/mol. The smallest absolute Gasteiger partial charge is 0.328 e. The van der Waals surface area contributed by atoms with E-state index in [1.807, 2.05) is 12.1 Å². The summed E-state index contributed by atoms with van der Waals surface area (Å²) in [5.41, 5.74) is 2.28. The zero-order valence-corrected chi connectivity index (χ0v) is 17.6. The van der Waals surface area contributed by atoms with Crippen LogP contribution in [-0.4, -0.2) is 40.9 Å². The fraction of sp³-hybridized carbons (Fsp3) is 0.478. The van der Waals surface area contributed by atoms with Crippen molar-refractivity contribution in [3.05, 3.63) is 61.9 Å². The molecule has 8 heteroatoms. The second-order valence-corrected chi connectivity index (χ2v) is 8.23. The first-order valence-corrected chi connectivity index (χ1v) is 11.0. The van der Waals surface area contributed by atoms with Gasteiger partial charge in [-0.05, 0) is 62.8 Å². The summed E-state index contributed by atoms with van der Waals surface area (Å²) < 4.78 is 1.49. The highest BCUT2D eigenvalue weighted by molar-refractivity contribution is 5.99. The van der Waals surface area contributed by atoms with Crippen LogP contribution in [0.4, 0.5) is 5.69 Å². The standard InChI is InChI=1S/C23H28N4O4/c28-20(16-7-9-17(10-8-16)26-12-3-4-13-26)15-24-21(29)11-14-27-19-6-2-1-5-18(19)22(30)25-23(27)31/h7-10H,1-6,11-15H2,(H,24,29)(H,25,30,31). The maximum absolute atomic E-state index is 12.4. The van der Waals surface area contributed by atoms with Crippen LogP contribution >= 0.6 is 0 Å². The van der Waals surface area contributed by atoms with Crippen molar-refractivity contribution in [1.29, 1.82) is 0 Å². The SMILES string of the molecule is O=C(CCn1c2c(c(=O)[nH]c1=O)CCCC2)NCC(=O)c1ccc(N2CCCC2)cc1. The molecule has 1 amide bonds. The first-order valence-electron chi connectivity index (χ1n) is 11.0. The number of H-pyrrole nitrogens is 1. The minimum Gasteiger partial charge on any atom is -0.372 e. The Bertz CT molecular complexity index is 1080. The third-order valence-corrected chi connectivity index (χ3v) is 6.17. The maximum atomic E-state index is 12.4. The molecule has 0 spiro atoms. The molecule has 2 heterocycles. The van der Waals surface area contributed by atoms with Crippen molar-refractivity contribution in [2.75, 3.05) is 24.5 Å². The van der Waals surface area contributed by atoms with Gasteiger partial charge in [-0.1, -0.05) is 0 Å². The van der Waals surface area contributed by atoms with Crippen molar-refractivity contribution in [3.63, 3.8) is 0 Å². The van der Waals surface area contributed by atoms with Gasteiger partial charge in [-0.2, -0.15) is 0 Å². The van der Waals surface area contributed by atoms with Gasteiger partial charge < -0.3 is 10.2 Å². The number of nitrogens with zero attached hydrogens (tertiary/aromatic N) is 2. The van der Waals surface area contributed by atoms with E-state index in [4.69, 9.17) is 0 Å². The fourth-order valence-corrected chi connectivity index (χ4v) is 4.45. The first kappa shape index (κ1) is 21.1. The minimum atomic E-state index is -0.479. The number of nitrogens with one attached hydrogen (secondary N) is 2. The molecule has 1 saturated heterocycles. The molecular weight excluding hydrogens is 396 g/mol. The lowest BCUT2D eigenvalue weighted by Gasteiger charge is -2.19. The summed E-state index contributed by atoms with van der Waals surface area (Å²) in [5, 5.41) is 2.65. The van der Waals surface area contributed by atoms with E-state index >= 15 is 0 Å². The van der Waals surface area contributed by atoms with Crippen LogP contribution < -0.4 is 21.5 Å². The Hall–Kier alpha value is -3.16. The third-order valence-electron chi connectivity index (χ3n) is 6.17. The lowest BCUT2D eigenvalue weighted by molar-refractivity contribution is -0.121. The fourth-order valence-electron chi connectivity index (χ4n) is 4.45. The Morgan fingerprint density at radius 3 is 2.42 bits per heavy atom. The number of hydrogen-bond acceptors (Lipinski definition) is 5. The van der Waals surface area contributed by atoms with Gasteiger partial charge in [0.05, 0.1) is 6.54 Å². The zero-order valence-electron chi connectivity index (χ0n) is 17.6.